The van der Waals surface area contributed by atoms with Crippen LogP contribution < -0.4 is 0 Å². The molecule has 0 unspecified atom stereocenters. The Bertz CT molecular complexity index is 966. The van der Waals surface area contributed by atoms with Gasteiger partial charge in [0.05, 0.1) is 5.52 Å². The van der Waals surface area contributed by atoms with E-state index in [2.05, 4.69) is 33.2 Å². The number of pyridine rings is 3. The molecule has 0 aliphatic heterocycles. The van der Waals surface area contributed by atoms with Gasteiger partial charge < -0.3 is 4.98 Å². The molecule has 0 aliphatic carbocycles. The number of aryl methyl sites for hydroxylation is 1. The molecule has 109 valence electrons. The van der Waals surface area contributed by atoms with Crippen molar-refractivity contribution in [2.75, 3.05) is 0 Å². The topological polar surface area (TPSA) is 38.7 Å². The van der Waals surface area contributed by atoms with Crippen LogP contribution in [0.15, 0.2) is 54.9 Å². The van der Waals surface area contributed by atoms with Crippen LogP contribution >= 0.6 is 0 Å². The quantitative estimate of drug-likeness (QED) is 0.318. The Hall–Kier alpha value is -2.16. The van der Waals surface area contributed by atoms with Gasteiger partial charge in [-0.3, -0.25) is 9.97 Å². The standard InChI is InChI=1S/C18H12N3.Ir/c1-12-4-2-6-17(21-12)18-15-7-8-16-14(5-3-10-19-16)13(15)9-11-20-18;/h2-5,7-11H,1H3;/q-1;. The van der Waals surface area contributed by atoms with E-state index in [-0.39, 0.29) is 20.1 Å². The molecule has 0 N–H and O–H groups in total. The van der Waals surface area contributed by atoms with Crippen LogP contribution in [-0.4, -0.2) is 15.0 Å². The van der Waals surface area contributed by atoms with Gasteiger partial charge in [0.15, 0.2) is 0 Å². The Morgan fingerprint density at radius 1 is 0.864 bits per heavy atom. The maximum absolute atomic E-state index is 4.54. The molecule has 1 aromatic carbocycles. The van der Waals surface area contributed by atoms with E-state index in [4.69, 9.17) is 0 Å². The van der Waals surface area contributed by atoms with Crippen LogP contribution in [0.25, 0.3) is 33.1 Å². The normalized spacial score (nSPS) is 10.6. The fraction of sp³-hybridized carbons (Fsp3) is 0.0556. The van der Waals surface area contributed by atoms with E-state index in [9.17, 15) is 0 Å². The third kappa shape index (κ3) is 2.41. The minimum atomic E-state index is 0. The van der Waals surface area contributed by atoms with Gasteiger partial charge >= 0.3 is 0 Å². The van der Waals surface area contributed by atoms with Gasteiger partial charge in [0.1, 0.15) is 0 Å². The van der Waals surface area contributed by atoms with Gasteiger partial charge in [0.2, 0.25) is 0 Å². The second-order valence-corrected chi connectivity index (χ2v) is 4.97. The van der Waals surface area contributed by atoms with E-state index >= 15 is 0 Å². The first kappa shape index (κ1) is 14.8. The van der Waals surface area contributed by atoms with Crippen LogP contribution in [0.2, 0.25) is 0 Å². The molecule has 1 radical (unpaired) electrons. The third-order valence-electron chi connectivity index (χ3n) is 3.58. The first-order valence-electron chi connectivity index (χ1n) is 6.81. The second kappa shape index (κ2) is 5.91. The van der Waals surface area contributed by atoms with Crippen LogP contribution in [0.1, 0.15) is 5.69 Å². The number of fused-ring (bicyclic) bond motifs is 3. The molecule has 3 aromatic heterocycles. The maximum atomic E-state index is 4.54. The van der Waals surface area contributed by atoms with Crippen LogP contribution in [-0.2, 0) is 20.1 Å². The Labute approximate surface area is 141 Å². The maximum Gasteiger partial charge on any atom is 0.0707 e. The summed E-state index contributed by atoms with van der Waals surface area (Å²) in [4.78, 5) is 13.5. The number of hydrogen-bond donors (Lipinski definition) is 0. The summed E-state index contributed by atoms with van der Waals surface area (Å²) in [5.74, 6) is 0. The summed E-state index contributed by atoms with van der Waals surface area (Å²) in [7, 11) is 0. The molecular weight excluding hydrogens is 450 g/mol. The molecule has 0 amide bonds. The molecule has 0 spiro atoms. The SMILES string of the molecule is Cc1cc[c-]c(-c2nccc3c2ccc2ncccc23)n1.[Ir]. The zero-order chi connectivity index (χ0) is 14.2. The van der Waals surface area contributed by atoms with Crippen molar-refractivity contribution in [1.82, 2.24) is 15.0 Å². The summed E-state index contributed by atoms with van der Waals surface area (Å²) in [5, 5.41) is 3.35. The van der Waals surface area contributed by atoms with Crippen LogP contribution in [0.5, 0.6) is 0 Å². The first-order chi connectivity index (χ1) is 10.3. The van der Waals surface area contributed by atoms with Crippen LogP contribution in [0, 0.1) is 13.0 Å². The van der Waals surface area contributed by atoms with Gasteiger partial charge in [0.25, 0.3) is 0 Å². The predicted molar refractivity (Wildman–Crippen MR) is 83.8 cm³/mol. The van der Waals surface area contributed by atoms with Crippen molar-refractivity contribution >= 4 is 21.7 Å². The second-order valence-electron chi connectivity index (χ2n) is 4.97. The number of aromatic nitrogens is 3. The Morgan fingerprint density at radius 2 is 1.77 bits per heavy atom. The number of benzene rings is 1. The molecular formula is C18H12IrN3-. The Balaban J connectivity index is 0.00000144. The van der Waals surface area contributed by atoms with E-state index in [0.29, 0.717) is 0 Å². The van der Waals surface area contributed by atoms with Gasteiger partial charge in [0, 0.05) is 37.9 Å². The zero-order valence-electron chi connectivity index (χ0n) is 11.9. The summed E-state index contributed by atoms with van der Waals surface area (Å²) >= 11 is 0. The van der Waals surface area contributed by atoms with Gasteiger partial charge in [-0.1, -0.05) is 12.1 Å². The van der Waals surface area contributed by atoms with E-state index in [1.54, 1.807) is 0 Å². The molecule has 4 rings (SSSR count). The molecule has 3 heterocycles. The van der Waals surface area contributed by atoms with E-state index in [0.717, 1.165) is 38.8 Å². The van der Waals surface area contributed by atoms with Gasteiger partial charge in [-0.25, -0.2) is 0 Å². The van der Waals surface area contributed by atoms with Crippen molar-refractivity contribution in [3.8, 4) is 11.4 Å². The molecule has 0 atom stereocenters. The van der Waals surface area contributed by atoms with Crippen molar-refractivity contribution in [2.24, 2.45) is 0 Å². The van der Waals surface area contributed by atoms with E-state index in [1.165, 1.54) is 0 Å². The smallest absolute Gasteiger partial charge is 0.0707 e. The summed E-state index contributed by atoms with van der Waals surface area (Å²) < 4.78 is 0. The summed E-state index contributed by atoms with van der Waals surface area (Å²) in [6.45, 7) is 1.97. The molecule has 22 heavy (non-hydrogen) atoms. The van der Waals surface area contributed by atoms with Crippen molar-refractivity contribution in [3.05, 3.63) is 66.6 Å². The number of hydrogen-bond acceptors (Lipinski definition) is 3. The van der Waals surface area contributed by atoms with E-state index in [1.807, 2.05) is 49.6 Å². The number of rotatable bonds is 1. The fourth-order valence-electron chi connectivity index (χ4n) is 2.61. The molecule has 3 nitrogen and oxygen atoms in total. The largest absolute Gasteiger partial charge is 0.317 e. The van der Waals surface area contributed by atoms with Crippen molar-refractivity contribution in [2.45, 2.75) is 6.92 Å². The molecule has 0 bridgehead atoms. The molecule has 4 heteroatoms. The molecule has 0 saturated carbocycles. The summed E-state index contributed by atoms with van der Waals surface area (Å²) in [6.07, 6.45) is 3.63. The molecule has 0 saturated heterocycles. The first-order valence-corrected chi connectivity index (χ1v) is 6.81. The molecule has 4 aromatic rings. The third-order valence-corrected chi connectivity index (χ3v) is 3.58. The average Bonchev–Trinajstić information content (AvgIpc) is 2.54. The van der Waals surface area contributed by atoms with Crippen LogP contribution in [0.3, 0.4) is 0 Å². The monoisotopic (exact) mass is 463 g/mol. The van der Waals surface area contributed by atoms with Gasteiger partial charge in [-0.05, 0) is 53.0 Å². The van der Waals surface area contributed by atoms with Gasteiger partial charge in [-0.2, -0.15) is 12.1 Å². The van der Waals surface area contributed by atoms with Crippen molar-refractivity contribution in [3.63, 3.8) is 0 Å². The summed E-state index contributed by atoms with van der Waals surface area (Å²) in [6, 6.07) is 17.2. The minimum Gasteiger partial charge on any atom is -0.317 e. The fourth-order valence-corrected chi connectivity index (χ4v) is 2.61. The average molecular weight is 463 g/mol. The predicted octanol–water partition coefficient (Wildman–Crippen LogP) is 3.95. The van der Waals surface area contributed by atoms with Crippen molar-refractivity contribution in [1.29, 1.82) is 0 Å². The molecule has 0 aliphatic rings. The van der Waals surface area contributed by atoms with E-state index < -0.39 is 0 Å². The zero-order valence-corrected chi connectivity index (χ0v) is 14.3. The minimum absolute atomic E-state index is 0. The molecule has 0 fully saturated rings. The van der Waals surface area contributed by atoms with Crippen molar-refractivity contribution < 1.29 is 20.1 Å². The number of nitrogens with zero attached hydrogens (tertiary/aromatic N) is 3. The summed E-state index contributed by atoms with van der Waals surface area (Å²) in [5.41, 5.74) is 3.60. The van der Waals surface area contributed by atoms with Gasteiger partial charge in [-0.15, -0.1) is 6.07 Å². The Morgan fingerprint density at radius 3 is 2.64 bits per heavy atom. The van der Waals surface area contributed by atoms with Crippen LogP contribution in [0.4, 0.5) is 0 Å². The Kier molecular flexibility index (Phi) is 3.97.